The smallest absolute Gasteiger partial charge is 0.243 e. The second-order valence-corrected chi connectivity index (χ2v) is 9.52. The average Bonchev–Trinajstić information content (AvgIpc) is 3.09. The van der Waals surface area contributed by atoms with E-state index in [2.05, 4.69) is 48.8 Å². The van der Waals surface area contributed by atoms with Gasteiger partial charge in [0, 0.05) is 47.9 Å². The molecule has 0 aliphatic carbocycles. The van der Waals surface area contributed by atoms with Crippen LogP contribution in [0, 0.1) is 6.92 Å². The van der Waals surface area contributed by atoms with E-state index >= 15 is 0 Å². The van der Waals surface area contributed by atoms with E-state index in [0.717, 1.165) is 6.54 Å². The number of sulfonamides is 1. The van der Waals surface area contributed by atoms with E-state index in [1.807, 2.05) is 0 Å². The molecule has 1 aromatic heterocycles. The van der Waals surface area contributed by atoms with Crippen LogP contribution in [0.1, 0.15) is 24.6 Å². The highest BCUT2D eigenvalue weighted by molar-refractivity contribution is 7.89. The molecular weight excluding hydrogens is 412 g/mol. The first-order chi connectivity index (χ1) is 14.9. The van der Waals surface area contributed by atoms with E-state index in [1.165, 1.54) is 52.3 Å². The molecule has 1 aliphatic heterocycles. The SMILES string of the molecule is CCn1c(C)c(C2=CCN(S(=O)(=O)c3ccc(OC)c(OC)c3)CC2)c2ccccc21. The fourth-order valence-electron chi connectivity index (χ4n) is 4.47. The van der Waals surface area contributed by atoms with Crippen LogP contribution in [0.5, 0.6) is 11.5 Å². The first kappa shape index (κ1) is 21.5. The van der Waals surface area contributed by atoms with Crippen molar-refractivity contribution < 1.29 is 17.9 Å². The normalized spacial score (nSPS) is 15.2. The number of hydrogen-bond donors (Lipinski definition) is 0. The third-order valence-corrected chi connectivity index (χ3v) is 7.89. The van der Waals surface area contributed by atoms with E-state index in [0.29, 0.717) is 31.0 Å². The van der Waals surface area contributed by atoms with Crippen LogP contribution in [-0.2, 0) is 16.6 Å². The van der Waals surface area contributed by atoms with Crippen LogP contribution in [0.2, 0.25) is 0 Å². The molecule has 3 aromatic rings. The predicted octanol–water partition coefficient (Wildman–Crippen LogP) is 4.46. The molecule has 0 fully saturated rings. The summed E-state index contributed by atoms with van der Waals surface area (Å²) < 4.78 is 40.8. The number of nitrogens with zero attached hydrogens (tertiary/aromatic N) is 2. The number of aromatic nitrogens is 1. The van der Waals surface area contributed by atoms with Gasteiger partial charge in [0.25, 0.3) is 0 Å². The fraction of sp³-hybridized carbons (Fsp3) is 0.333. The summed E-state index contributed by atoms with van der Waals surface area (Å²) in [7, 11) is -0.602. The maximum absolute atomic E-state index is 13.2. The monoisotopic (exact) mass is 440 g/mol. The highest BCUT2D eigenvalue weighted by Gasteiger charge is 2.28. The highest BCUT2D eigenvalue weighted by Crippen LogP contribution is 2.36. The summed E-state index contributed by atoms with van der Waals surface area (Å²) in [5, 5.41) is 1.23. The number of methoxy groups -OCH3 is 2. The number of para-hydroxylation sites is 1. The van der Waals surface area contributed by atoms with Crippen LogP contribution in [0.4, 0.5) is 0 Å². The zero-order valence-corrected chi connectivity index (χ0v) is 19.2. The first-order valence-electron chi connectivity index (χ1n) is 10.4. The molecule has 4 rings (SSSR count). The summed E-state index contributed by atoms with van der Waals surface area (Å²) in [4.78, 5) is 0.209. The van der Waals surface area contributed by atoms with Crippen LogP contribution < -0.4 is 9.47 Å². The van der Waals surface area contributed by atoms with Crippen molar-refractivity contribution in [3.8, 4) is 11.5 Å². The summed E-state index contributed by atoms with van der Waals surface area (Å²) in [6.45, 7) is 5.98. The molecule has 7 heteroatoms. The molecular formula is C24H28N2O4S. The van der Waals surface area contributed by atoms with Crippen molar-refractivity contribution in [3.05, 3.63) is 59.8 Å². The average molecular weight is 441 g/mol. The Bertz CT molecular complexity index is 1260. The van der Waals surface area contributed by atoms with Gasteiger partial charge in [-0.2, -0.15) is 4.31 Å². The van der Waals surface area contributed by atoms with E-state index in [9.17, 15) is 8.42 Å². The molecule has 6 nitrogen and oxygen atoms in total. The highest BCUT2D eigenvalue weighted by atomic mass is 32.2. The Morgan fingerprint density at radius 1 is 1.03 bits per heavy atom. The zero-order valence-electron chi connectivity index (χ0n) is 18.4. The third kappa shape index (κ3) is 3.62. The second-order valence-electron chi connectivity index (χ2n) is 7.58. The molecule has 0 atom stereocenters. The number of ether oxygens (including phenoxy) is 2. The molecule has 0 spiro atoms. The van der Waals surface area contributed by atoms with Gasteiger partial charge >= 0.3 is 0 Å². The molecule has 31 heavy (non-hydrogen) atoms. The van der Waals surface area contributed by atoms with Crippen molar-refractivity contribution in [2.75, 3.05) is 27.3 Å². The first-order valence-corrected chi connectivity index (χ1v) is 11.9. The lowest BCUT2D eigenvalue weighted by Gasteiger charge is -2.26. The summed E-state index contributed by atoms with van der Waals surface area (Å²) in [6, 6.07) is 13.1. The largest absolute Gasteiger partial charge is 0.493 e. The number of benzene rings is 2. The molecule has 2 aromatic carbocycles. The van der Waals surface area contributed by atoms with Crippen molar-refractivity contribution in [2.24, 2.45) is 0 Å². The minimum atomic E-state index is -3.63. The van der Waals surface area contributed by atoms with Gasteiger partial charge in [-0.05, 0) is 44.0 Å². The zero-order chi connectivity index (χ0) is 22.2. The second kappa shape index (κ2) is 8.40. The van der Waals surface area contributed by atoms with Gasteiger partial charge in [-0.25, -0.2) is 8.42 Å². The maximum atomic E-state index is 13.2. The number of aryl methyl sites for hydroxylation is 1. The van der Waals surface area contributed by atoms with Crippen molar-refractivity contribution in [2.45, 2.75) is 31.7 Å². The van der Waals surface area contributed by atoms with Crippen molar-refractivity contribution in [1.29, 1.82) is 0 Å². The Morgan fingerprint density at radius 3 is 2.42 bits per heavy atom. The van der Waals surface area contributed by atoms with Gasteiger partial charge in [0.15, 0.2) is 11.5 Å². The molecule has 2 heterocycles. The molecule has 1 aliphatic rings. The van der Waals surface area contributed by atoms with E-state index < -0.39 is 10.0 Å². The fourth-order valence-corrected chi connectivity index (χ4v) is 5.86. The molecule has 0 radical (unpaired) electrons. The van der Waals surface area contributed by atoms with Crippen LogP contribution in [0.25, 0.3) is 16.5 Å². The summed E-state index contributed by atoms with van der Waals surface area (Å²) >= 11 is 0. The summed E-state index contributed by atoms with van der Waals surface area (Å²) in [6.07, 6.45) is 2.72. The van der Waals surface area contributed by atoms with Crippen LogP contribution in [0.15, 0.2) is 53.4 Å². The predicted molar refractivity (Wildman–Crippen MR) is 123 cm³/mol. The van der Waals surface area contributed by atoms with Gasteiger partial charge in [0.2, 0.25) is 10.0 Å². The van der Waals surface area contributed by atoms with Gasteiger partial charge in [-0.15, -0.1) is 0 Å². The Labute approximate surface area is 183 Å². The van der Waals surface area contributed by atoms with Crippen molar-refractivity contribution in [3.63, 3.8) is 0 Å². The summed E-state index contributed by atoms with van der Waals surface area (Å²) in [5.74, 6) is 0.907. The standard InChI is InChI=1S/C24H28N2O4S/c1-5-26-17(2)24(20-8-6-7-9-21(20)26)18-12-14-25(15-13-18)31(27,28)19-10-11-22(29-3)23(16-19)30-4/h6-12,16H,5,13-15H2,1-4H3. The molecule has 0 bridgehead atoms. The minimum absolute atomic E-state index is 0.209. The summed E-state index contributed by atoms with van der Waals surface area (Å²) in [5.41, 5.74) is 4.89. The quantitative estimate of drug-likeness (QED) is 0.568. The lowest BCUT2D eigenvalue weighted by molar-refractivity contribution is 0.353. The van der Waals surface area contributed by atoms with Gasteiger partial charge in [-0.1, -0.05) is 24.3 Å². The molecule has 0 N–H and O–H groups in total. The Morgan fingerprint density at radius 2 is 1.77 bits per heavy atom. The molecule has 164 valence electrons. The van der Waals surface area contributed by atoms with Gasteiger partial charge in [-0.3, -0.25) is 0 Å². The molecule has 0 amide bonds. The minimum Gasteiger partial charge on any atom is -0.493 e. The number of hydrogen-bond acceptors (Lipinski definition) is 4. The lowest BCUT2D eigenvalue weighted by Crippen LogP contribution is -2.34. The van der Waals surface area contributed by atoms with Gasteiger partial charge in [0.05, 0.1) is 19.1 Å². The van der Waals surface area contributed by atoms with Gasteiger partial charge < -0.3 is 14.0 Å². The molecule has 0 saturated heterocycles. The Balaban J connectivity index is 1.66. The number of fused-ring (bicyclic) bond motifs is 1. The molecule has 0 unspecified atom stereocenters. The number of rotatable bonds is 6. The van der Waals surface area contributed by atoms with E-state index in [-0.39, 0.29) is 4.90 Å². The topological polar surface area (TPSA) is 60.8 Å². The van der Waals surface area contributed by atoms with Crippen LogP contribution in [-0.4, -0.2) is 44.6 Å². The lowest BCUT2D eigenvalue weighted by atomic mass is 9.97. The van der Waals surface area contributed by atoms with E-state index in [1.54, 1.807) is 12.1 Å². The third-order valence-electron chi connectivity index (χ3n) is 6.03. The maximum Gasteiger partial charge on any atom is 0.243 e. The van der Waals surface area contributed by atoms with Crippen molar-refractivity contribution >= 4 is 26.5 Å². The molecule has 0 saturated carbocycles. The van der Waals surface area contributed by atoms with Crippen molar-refractivity contribution in [1.82, 2.24) is 8.87 Å². The van der Waals surface area contributed by atoms with Gasteiger partial charge in [0.1, 0.15) is 0 Å². The Hall–Kier alpha value is -2.77. The Kier molecular flexibility index (Phi) is 5.81. The van der Waals surface area contributed by atoms with Crippen LogP contribution >= 0.6 is 0 Å². The van der Waals surface area contributed by atoms with Crippen LogP contribution in [0.3, 0.4) is 0 Å². The van der Waals surface area contributed by atoms with E-state index in [4.69, 9.17) is 9.47 Å².